The van der Waals surface area contributed by atoms with E-state index in [0.717, 1.165) is 24.0 Å². The average molecular weight is 539 g/mol. The number of hydrogen-bond acceptors (Lipinski definition) is 5. The van der Waals surface area contributed by atoms with E-state index in [9.17, 15) is 26.8 Å². The molecule has 2 aliphatic heterocycles. The first-order valence-electron chi connectivity index (χ1n) is 13.0. The Bertz CT molecular complexity index is 1160. The third kappa shape index (κ3) is 6.54. The Morgan fingerprint density at radius 1 is 1.22 bits per heavy atom. The first-order chi connectivity index (χ1) is 17.5. The van der Waals surface area contributed by atoms with Crippen molar-refractivity contribution in [1.82, 2.24) is 9.62 Å². The molecule has 4 rings (SSSR count). The highest BCUT2D eigenvalue weighted by Crippen LogP contribution is 2.37. The topological polar surface area (TPSA) is 108 Å². The number of halogens is 2. The van der Waals surface area contributed by atoms with Crippen LogP contribution in [0.3, 0.4) is 0 Å². The van der Waals surface area contributed by atoms with Crippen molar-refractivity contribution in [3.8, 4) is 0 Å². The van der Waals surface area contributed by atoms with Crippen LogP contribution in [0.15, 0.2) is 23.2 Å². The fourth-order valence-corrected chi connectivity index (χ4v) is 7.23. The minimum Gasteiger partial charge on any atom is -0.326 e. The summed E-state index contributed by atoms with van der Waals surface area (Å²) in [6.07, 6.45) is 1.54. The zero-order valence-corrected chi connectivity index (χ0v) is 22.3. The maximum absolute atomic E-state index is 13.1. The van der Waals surface area contributed by atoms with Crippen LogP contribution in [-0.4, -0.2) is 61.2 Å². The Kier molecular flexibility index (Phi) is 8.32. The van der Waals surface area contributed by atoms with Gasteiger partial charge in [0.15, 0.2) is 0 Å². The number of aliphatic imine (C=N–C) groups is 1. The summed E-state index contributed by atoms with van der Waals surface area (Å²) in [6.45, 7) is 3.78. The molecule has 204 valence electrons. The maximum atomic E-state index is 13.1. The number of nitrogens with one attached hydrogen (secondary N) is 2. The van der Waals surface area contributed by atoms with Gasteiger partial charge in [0.1, 0.15) is 11.4 Å². The van der Waals surface area contributed by atoms with Gasteiger partial charge in [0.05, 0.1) is 5.75 Å². The van der Waals surface area contributed by atoms with Crippen molar-refractivity contribution in [1.29, 1.82) is 0 Å². The third-order valence-corrected chi connectivity index (χ3v) is 9.85. The monoisotopic (exact) mass is 538 g/mol. The molecule has 1 saturated heterocycles. The van der Waals surface area contributed by atoms with Crippen molar-refractivity contribution in [2.45, 2.75) is 77.2 Å². The number of rotatable bonds is 8. The lowest BCUT2D eigenvalue weighted by Crippen LogP contribution is -2.51. The molecule has 2 amide bonds. The summed E-state index contributed by atoms with van der Waals surface area (Å²) in [5, 5.41) is 5.65. The van der Waals surface area contributed by atoms with Crippen molar-refractivity contribution in [2.24, 2.45) is 16.8 Å². The van der Waals surface area contributed by atoms with Crippen LogP contribution in [0.25, 0.3) is 0 Å². The number of carbonyl (C=O) groups is 2. The standard InChI is InChI=1S/C26H36F2N4O4S/c1-17-15-22(29-18(2)33)8-7-20(17)9-14-37(35,36)32-12-10-26(11-13-32)25(34)30-24(31-26)21-5-3-19(4-6-21)16-23(27)28/h7-8,15,19,21,23H,3-6,9-14,16H2,1-2H3,(H,29,33)(H,30,31,34)/t19-,21+. The van der Waals surface area contributed by atoms with Crippen LogP contribution in [0.4, 0.5) is 14.5 Å². The van der Waals surface area contributed by atoms with Gasteiger partial charge in [-0.05, 0) is 81.0 Å². The van der Waals surface area contributed by atoms with Crippen LogP contribution < -0.4 is 10.6 Å². The number of anilines is 1. The normalized spacial score (nSPS) is 24.2. The Hall–Kier alpha value is -2.40. The van der Waals surface area contributed by atoms with Gasteiger partial charge in [-0.2, -0.15) is 0 Å². The van der Waals surface area contributed by atoms with Gasteiger partial charge in [0, 0.05) is 38.0 Å². The van der Waals surface area contributed by atoms with Crippen LogP contribution in [0, 0.1) is 18.8 Å². The number of nitrogens with zero attached hydrogens (tertiary/aromatic N) is 2. The maximum Gasteiger partial charge on any atom is 0.253 e. The molecule has 2 heterocycles. The second-order valence-corrected chi connectivity index (χ2v) is 12.7. The average Bonchev–Trinajstić information content (AvgIpc) is 3.14. The van der Waals surface area contributed by atoms with Gasteiger partial charge in [-0.25, -0.2) is 21.5 Å². The highest BCUT2D eigenvalue weighted by atomic mass is 32.2. The molecule has 1 spiro atoms. The molecule has 11 heteroatoms. The first kappa shape index (κ1) is 27.6. The molecule has 3 aliphatic rings. The predicted octanol–water partition coefficient (Wildman–Crippen LogP) is 3.65. The number of amides is 2. The summed E-state index contributed by atoms with van der Waals surface area (Å²) in [7, 11) is -3.52. The van der Waals surface area contributed by atoms with Gasteiger partial charge in [0.2, 0.25) is 22.4 Å². The second kappa shape index (κ2) is 11.1. The summed E-state index contributed by atoms with van der Waals surface area (Å²) < 4.78 is 53.0. The van der Waals surface area contributed by atoms with Crippen molar-refractivity contribution >= 4 is 33.4 Å². The van der Waals surface area contributed by atoms with Crippen LogP contribution in [-0.2, 0) is 26.0 Å². The predicted molar refractivity (Wildman–Crippen MR) is 138 cm³/mol. The molecule has 1 saturated carbocycles. The summed E-state index contributed by atoms with van der Waals surface area (Å²) in [5.74, 6) is 0.360. The van der Waals surface area contributed by atoms with Crippen molar-refractivity contribution in [3.63, 3.8) is 0 Å². The largest absolute Gasteiger partial charge is 0.326 e. The summed E-state index contributed by atoms with van der Waals surface area (Å²) >= 11 is 0. The van der Waals surface area contributed by atoms with Gasteiger partial charge in [-0.15, -0.1) is 0 Å². The van der Waals surface area contributed by atoms with Gasteiger partial charge in [0.25, 0.3) is 5.91 Å². The lowest BCUT2D eigenvalue weighted by molar-refractivity contribution is -0.125. The molecular formula is C26H36F2N4O4S. The SMILES string of the molecule is CC(=O)Nc1ccc(CCS(=O)(=O)N2CCC3(CC2)N=C([C@H]2CC[C@@H](CC(F)F)CC2)NC3=O)c(C)c1. The number of carbonyl (C=O) groups excluding carboxylic acids is 2. The summed E-state index contributed by atoms with van der Waals surface area (Å²) in [5.41, 5.74) is 1.55. The quantitative estimate of drug-likeness (QED) is 0.527. The van der Waals surface area contributed by atoms with Gasteiger partial charge in [-0.3, -0.25) is 14.6 Å². The Morgan fingerprint density at radius 3 is 2.49 bits per heavy atom. The molecule has 1 aromatic rings. The molecule has 0 radical (unpaired) electrons. The van der Waals surface area contributed by atoms with Crippen molar-refractivity contribution in [2.75, 3.05) is 24.2 Å². The van der Waals surface area contributed by atoms with E-state index < -0.39 is 22.0 Å². The van der Waals surface area contributed by atoms with Crippen LogP contribution in [0.2, 0.25) is 0 Å². The Morgan fingerprint density at radius 2 is 1.89 bits per heavy atom. The summed E-state index contributed by atoms with van der Waals surface area (Å²) in [4.78, 5) is 28.9. The lowest BCUT2D eigenvalue weighted by atomic mass is 9.80. The van der Waals surface area contributed by atoms with Crippen molar-refractivity contribution in [3.05, 3.63) is 29.3 Å². The van der Waals surface area contributed by atoms with Crippen molar-refractivity contribution < 1.29 is 26.8 Å². The molecule has 0 bridgehead atoms. The molecule has 8 nitrogen and oxygen atoms in total. The van der Waals surface area contributed by atoms with E-state index in [1.807, 2.05) is 19.1 Å². The molecule has 0 atom stereocenters. The molecule has 1 aliphatic carbocycles. The molecule has 2 fully saturated rings. The van der Waals surface area contributed by atoms with Gasteiger partial charge in [-0.1, -0.05) is 6.07 Å². The van der Waals surface area contributed by atoms with Gasteiger partial charge >= 0.3 is 0 Å². The van der Waals surface area contributed by atoms with E-state index >= 15 is 0 Å². The Labute approximate surface area is 217 Å². The van der Waals surface area contributed by atoms with E-state index in [1.54, 1.807) is 6.07 Å². The fraction of sp³-hybridized carbons (Fsp3) is 0.654. The van der Waals surface area contributed by atoms with E-state index in [-0.39, 0.29) is 48.9 Å². The van der Waals surface area contributed by atoms with E-state index in [4.69, 9.17) is 4.99 Å². The van der Waals surface area contributed by atoms with Gasteiger partial charge < -0.3 is 10.6 Å². The third-order valence-electron chi connectivity index (χ3n) is 7.98. The molecule has 37 heavy (non-hydrogen) atoms. The summed E-state index contributed by atoms with van der Waals surface area (Å²) in [6, 6.07) is 5.43. The van der Waals surface area contributed by atoms with E-state index in [0.29, 0.717) is 43.6 Å². The number of sulfonamides is 1. The number of alkyl halides is 2. The van der Waals surface area contributed by atoms with E-state index in [2.05, 4.69) is 10.6 Å². The zero-order valence-electron chi connectivity index (χ0n) is 21.4. The fourth-order valence-electron chi connectivity index (χ4n) is 5.76. The molecule has 1 aromatic carbocycles. The molecule has 0 aromatic heterocycles. The number of benzene rings is 1. The first-order valence-corrected chi connectivity index (χ1v) is 14.6. The highest BCUT2D eigenvalue weighted by Gasteiger charge is 2.48. The molecule has 2 N–H and O–H groups in total. The Balaban J connectivity index is 1.32. The number of amidine groups is 1. The minimum atomic E-state index is -3.52. The molecule has 0 unspecified atom stereocenters. The van der Waals surface area contributed by atoms with Crippen LogP contribution in [0.1, 0.15) is 63.0 Å². The zero-order chi connectivity index (χ0) is 26.8. The smallest absolute Gasteiger partial charge is 0.253 e. The minimum absolute atomic E-state index is 0.0234. The second-order valence-electron chi connectivity index (χ2n) is 10.6. The highest BCUT2D eigenvalue weighted by molar-refractivity contribution is 7.89. The van der Waals surface area contributed by atoms with Crippen LogP contribution >= 0.6 is 0 Å². The number of hydrogen-bond donors (Lipinski definition) is 2. The van der Waals surface area contributed by atoms with E-state index in [1.165, 1.54) is 11.2 Å². The van der Waals surface area contributed by atoms with Crippen LogP contribution in [0.5, 0.6) is 0 Å². The number of aryl methyl sites for hydroxylation is 2. The lowest BCUT2D eigenvalue weighted by Gasteiger charge is -2.34. The number of piperidine rings is 1. The molecular weight excluding hydrogens is 502 g/mol.